The zero-order chi connectivity index (χ0) is 24.6. The van der Waals surface area contributed by atoms with E-state index < -0.39 is 22.0 Å². The Morgan fingerprint density at radius 1 is 1.29 bits per heavy atom. The third kappa shape index (κ3) is 4.93. The van der Waals surface area contributed by atoms with Gasteiger partial charge in [-0.05, 0) is 35.2 Å². The van der Waals surface area contributed by atoms with Crippen LogP contribution in [0.4, 0.5) is 5.69 Å². The van der Waals surface area contributed by atoms with Crippen molar-refractivity contribution < 1.29 is 22.8 Å². The fraction of sp³-hybridized carbons (Fsp3) is 0.375. The smallest absolute Gasteiger partial charge is 0.237 e. The van der Waals surface area contributed by atoms with E-state index in [2.05, 4.69) is 25.1 Å². The van der Waals surface area contributed by atoms with E-state index in [4.69, 9.17) is 4.52 Å². The molecule has 3 heterocycles. The first-order chi connectivity index (χ1) is 16.8. The fourth-order valence-corrected chi connectivity index (χ4v) is 6.26. The lowest BCUT2D eigenvalue weighted by atomic mass is 9.79. The minimum absolute atomic E-state index is 0.0743. The molecule has 1 amide bonds. The van der Waals surface area contributed by atoms with Crippen molar-refractivity contribution in [1.29, 1.82) is 0 Å². The molecule has 184 valence electrons. The van der Waals surface area contributed by atoms with Crippen LogP contribution in [0.25, 0.3) is 11.4 Å². The summed E-state index contributed by atoms with van der Waals surface area (Å²) in [6, 6.07) is 13.0. The minimum atomic E-state index is -3.41. The lowest BCUT2D eigenvalue weighted by molar-refractivity contribution is -0.122. The number of amides is 1. The van der Waals surface area contributed by atoms with E-state index in [0.717, 1.165) is 17.7 Å². The molecule has 0 saturated carbocycles. The maximum absolute atomic E-state index is 13.3. The van der Waals surface area contributed by atoms with Crippen LogP contribution in [0.2, 0.25) is 0 Å². The molecule has 2 aromatic carbocycles. The van der Waals surface area contributed by atoms with Gasteiger partial charge in [0.1, 0.15) is 0 Å². The SMILES string of the molecule is CNC(=O)C(c1ccc2c(c1)NS(=O)(=O)C2)[C@H](CN1CC[C@H](O)C1)c1cccc(-c2ncon2)c1. The monoisotopic (exact) mass is 497 g/mol. The minimum Gasteiger partial charge on any atom is -0.392 e. The van der Waals surface area contributed by atoms with E-state index in [1.54, 1.807) is 19.2 Å². The number of nitrogens with one attached hydrogen (secondary N) is 2. The van der Waals surface area contributed by atoms with Gasteiger partial charge in [-0.25, -0.2) is 8.42 Å². The number of rotatable bonds is 7. The fourth-order valence-electron chi connectivity index (χ4n) is 5.00. The van der Waals surface area contributed by atoms with Crippen LogP contribution >= 0.6 is 0 Å². The van der Waals surface area contributed by atoms with Gasteiger partial charge in [-0.1, -0.05) is 35.5 Å². The number of aliphatic hydroxyl groups excluding tert-OH is 1. The van der Waals surface area contributed by atoms with Crippen LogP contribution in [-0.2, 0) is 20.6 Å². The molecule has 1 saturated heterocycles. The molecule has 35 heavy (non-hydrogen) atoms. The number of fused-ring (bicyclic) bond motifs is 1. The Morgan fingerprint density at radius 2 is 2.14 bits per heavy atom. The van der Waals surface area contributed by atoms with Crippen LogP contribution in [0.1, 0.15) is 34.9 Å². The first-order valence-corrected chi connectivity index (χ1v) is 13.1. The van der Waals surface area contributed by atoms with Gasteiger partial charge in [-0.2, -0.15) is 4.98 Å². The van der Waals surface area contributed by atoms with Crippen LogP contribution in [0.15, 0.2) is 53.4 Å². The lowest BCUT2D eigenvalue weighted by Gasteiger charge is -2.31. The van der Waals surface area contributed by atoms with E-state index in [-0.39, 0.29) is 17.6 Å². The third-order valence-electron chi connectivity index (χ3n) is 6.67. The summed E-state index contributed by atoms with van der Waals surface area (Å²) in [5.74, 6) is -0.697. The number of nitrogens with zero attached hydrogens (tertiary/aromatic N) is 3. The standard InChI is InChI=1S/C24H27N5O5S/c1-25-24(31)22(16-5-6-18-13-35(32,33)28-21(18)10-16)20(12-29-8-7-19(30)11-29)15-3-2-4-17(9-15)23-26-14-34-27-23/h2-6,9-10,14,19-20,22,28,30H,7-8,11-13H2,1H3,(H,25,31)/t19-,20+,22?/m0/s1. The zero-order valence-corrected chi connectivity index (χ0v) is 20.0. The first-order valence-electron chi connectivity index (χ1n) is 11.4. The Hall–Kier alpha value is -3.28. The predicted molar refractivity (Wildman–Crippen MR) is 129 cm³/mol. The quantitative estimate of drug-likeness (QED) is 0.448. The van der Waals surface area contributed by atoms with Gasteiger partial charge in [0, 0.05) is 38.2 Å². The van der Waals surface area contributed by atoms with Crippen molar-refractivity contribution in [3.8, 4) is 11.4 Å². The van der Waals surface area contributed by atoms with Gasteiger partial charge < -0.3 is 19.8 Å². The second-order valence-electron chi connectivity index (χ2n) is 9.06. The van der Waals surface area contributed by atoms with Crippen molar-refractivity contribution in [1.82, 2.24) is 20.4 Å². The first kappa shape index (κ1) is 23.5. The predicted octanol–water partition coefficient (Wildman–Crippen LogP) is 1.67. The van der Waals surface area contributed by atoms with Gasteiger partial charge in [0.25, 0.3) is 0 Å². The van der Waals surface area contributed by atoms with Gasteiger partial charge in [-0.15, -0.1) is 0 Å². The van der Waals surface area contributed by atoms with Crippen molar-refractivity contribution in [2.24, 2.45) is 0 Å². The number of likely N-dealkylation sites (tertiary alicyclic amines) is 1. The van der Waals surface area contributed by atoms with Crippen molar-refractivity contribution in [2.45, 2.75) is 30.1 Å². The summed E-state index contributed by atoms with van der Waals surface area (Å²) in [5, 5.41) is 16.8. The van der Waals surface area contributed by atoms with Crippen molar-refractivity contribution in [3.05, 3.63) is 65.5 Å². The molecule has 2 aliphatic heterocycles. The average molecular weight is 498 g/mol. The molecule has 1 unspecified atom stereocenters. The molecular formula is C24H27N5O5S. The van der Waals surface area contributed by atoms with Crippen LogP contribution < -0.4 is 10.0 Å². The molecule has 2 aliphatic rings. The number of β-amino-alcohol motifs (C(OH)–C–C–N with tert-alkyl or cyclic N) is 1. The molecule has 3 aromatic rings. The maximum atomic E-state index is 13.3. The third-order valence-corrected chi connectivity index (χ3v) is 7.89. The maximum Gasteiger partial charge on any atom is 0.237 e. The Morgan fingerprint density at radius 3 is 2.86 bits per heavy atom. The zero-order valence-electron chi connectivity index (χ0n) is 19.2. The van der Waals surface area contributed by atoms with E-state index in [9.17, 15) is 18.3 Å². The highest BCUT2D eigenvalue weighted by Crippen LogP contribution is 2.39. The van der Waals surface area contributed by atoms with Crippen LogP contribution in [-0.4, -0.2) is 67.3 Å². The molecule has 5 rings (SSSR count). The lowest BCUT2D eigenvalue weighted by Crippen LogP contribution is -2.36. The molecule has 0 spiro atoms. The van der Waals surface area contributed by atoms with Crippen molar-refractivity contribution >= 4 is 21.6 Å². The van der Waals surface area contributed by atoms with Gasteiger partial charge >= 0.3 is 0 Å². The Labute approximate surface area is 203 Å². The summed E-state index contributed by atoms with van der Waals surface area (Å²) < 4.78 is 31.7. The molecule has 11 heteroatoms. The molecule has 0 aliphatic carbocycles. The molecule has 3 N–H and O–H groups in total. The largest absolute Gasteiger partial charge is 0.392 e. The topological polar surface area (TPSA) is 138 Å². The molecule has 1 fully saturated rings. The summed E-state index contributed by atoms with van der Waals surface area (Å²) in [6.45, 7) is 1.80. The molecule has 0 bridgehead atoms. The molecular weight excluding hydrogens is 470 g/mol. The number of aromatic nitrogens is 2. The summed E-state index contributed by atoms with van der Waals surface area (Å²) in [6.07, 6.45) is 1.56. The number of carbonyl (C=O) groups is 1. The average Bonchev–Trinajstić information content (AvgIpc) is 3.57. The molecule has 1 aromatic heterocycles. The number of benzene rings is 2. The van der Waals surface area contributed by atoms with Gasteiger partial charge in [0.15, 0.2) is 0 Å². The number of anilines is 1. The Kier molecular flexibility index (Phi) is 6.30. The molecule has 10 nitrogen and oxygen atoms in total. The van der Waals surface area contributed by atoms with E-state index in [1.807, 2.05) is 30.3 Å². The highest BCUT2D eigenvalue weighted by molar-refractivity contribution is 7.92. The van der Waals surface area contributed by atoms with Gasteiger partial charge in [0.05, 0.1) is 23.5 Å². The van der Waals surface area contributed by atoms with Crippen LogP contribution in [0.5, 0.6) is 0 Å². The van der Waals surface area contributed by atoms with E-state index >= 15 is 0 Å². The van der Waals surface area contributed by atoms with Crippen molar-refractivity contribution in [3.63, 3.8) is 0 Å². The summed E-state index contributed by atoms with van der Waals surface area (Å²) in [7, 11) is -1.82. The second-order valence-corrected chi connectivity index (χ2v) is 10.8. The number of sulfonamides is 1. The van der Waals surface area contributed by atoms with Crippen LogP contribution in [0.3, 0.4) is 0 Å². The van der Waals surface area contributed by atoms with Gasteiger partial charge in [0.2, 0.25) is 28.1 Å². The highest BCUT2D eigenvalue weighted by atomic mass is 32.2. The summed E-state index contributed by atoms with van der Waals surface area (Å²) in [4.78, 5) is 19.6. The normalized spacial score (nSPS) is 20.7. The number of hydrogen-bond donors (Lipinski definition) is 3. The second kappa shape index (κ2) is 9.40. The summed E-state index contributed by atoms with van der Waals surface area (Å²) >= 11 is 0. The van der Waals surface area contributed by atoms with Crippen LogP contribution in [0, 0.1) is 0 Å². The van der Waals surface area contributed by atoms with E-state index in [0.29, 0.717) is 42.1 Å². The molecule has 3 atom stereocenters. The summed E-state index contributed by atoms with van der Waals surface area (Å²) in [5.41, 5.74) is 3.57. The molecule has 0 radical (unpaired) electrons. The van der Waals surface area contributed by atoms with E-state index in [1.165, 1.54) is 6.39 Å². The highest BCUT2D eigenvalue weighted by Gasteiger charge is 2.35. The Balaban J connectivity index is 1.58. The number of aliphatic hydroxyl groups is 1. The van der Waals surface area contributed by atoms with Crippen molar-refractivity contribution in [2.75, 3.05) is 31.4 Å². The number of carbonyl (C=O) groups excluding carboxylic acids is 1. The number of hydrogen-bond acceptors (Lipinski definition) is 8. The Bertz CT molecular complexity index is 1330. The van der Waals surface area contributed by atoms with Gasteiger partial charge in [-0.3, -0.25) is 9.52 Å². The number of likely N-dealkylation sites (N-methyl/N-ethyl adjacent to an activating group) is 1.